The third kappa shape index (κ3) is 1.50. The Labute approximate surface area is 73.1 Å². The lowest BCUT2D eigenvalue weighted by Crippen LogP contribution is -2.24. The Morgan fingerprint density at radius 1 is 1.58 bits per heavy atom. The summed E-state index contributed by atoms with van der Waals surface area (Å²) in [6.07, 6.45) is 9.06. The zero-order valence-corrected chi connectivity index (χ0v) is 7.72. The van der Waals surface area contributed by atoms with Crippen molar-refractivity contribution in [1.29, 1.82) is 0 Å². The summed E-state index contributed by atoms with van der Waals surface area (Å²) in [5.41, 5.74) is 1.37. The number of allylic oxidation sites excluding steroid dienone is 1. The SMILES string of the molecule is C=C/C=c1/[nH]cc(CC)/c1=C/C. The largest absolute Gasteiger partial charge is 0.361 e. The molecule has 0 amide bonds. The number of H-pyrrole nitrogens is 1. The van der Waals surface area contributed by atoms with Crippen molar-refractivity contribution in [2.24, 2.45) is 0 Å². The molecule has 1 aromatic rings. The van der Waals surface area contributed by atoms with E-state index in [4.69, 9.17) is 0 Å². The number of aromatic nitrogens is 1. The van der Waals surface area contributed by atoms with E-state index in [0.717, 1.165) is 11.8 Å². The molecule has 0 aliphatic carbocycles. The number of hydrogen-bond acceptors (Lipinski definition) is 0. The molecule has 0 fully saturated rings. The highest BCUT2D eigenvalue weighted by atomic mass is 14.7. The van der Waals surface area contributed by atoms with Crippen LogP contribution in [0.3, 0.4) is 0 Å². The molecular formula is C11H15N. The van der Waals surface area contributed by atoms with Gasteiger partial charge in [0.1, 0.15) is 0 Å². The van der Waals surface area contributed by atoms with Gasteiger partial charge in [-0.3, -0.25) is 0 Å². The van der Waals surface area contributed by atoms with Gasteiger partial charge in [-0.25, -0.2) is 0 Å². The molecule has 0 aliphatic rings. The molecule has 0 aliphatic heterocycles. The van der Waals surface area contributed by atoms with E-state index >= 15 is 0 Å². The van der Waals surface area contributed by atoms with E-state index in [0.29, 0.717) is 0 Å². The first-order valence-electron chi connectivity index (χ1n) is 4.28. The van der Waals surface area contributed by atoms with E-state index in [9.17, 15) is 0 Å². The third-order valence-electron chi connectivity index (χ3n) is 1.99. The molecule has 1 aromatic heterocycles. The van der Waals surface area contributed by atoms with Crippen molar-refractivity contribution < 1.29 is 0 Å². The van der Waals surface area contributed by atoms with Crippen LogP contribution in [0.2, 0.25) is 0 Å². The molecule has 12 heavy (non-hydrogen) atoms. The summed E-state index contributed by atoms with van der Waals surface area (Å²) >= 11 is 0. The second-order valence-electron chi connectivity index (χ2n) is 2.69. The summed E-state index contributed by atoms with van der Waals surface area (Å²) in [6, 6.07) is 0. The average Bonchev–Trinajstić information content (AvgIpc) is 2.47. The maximum atomic E-state index is 3.68. The van der Waals surface area contributed by atoms with E-state index in [1.807, 2.05) is 6.08 Å². The Morgan fingerprint density at radius 2 is 2.33 bits per heavy atom. The molecular weight excluding hydrogens is 146 g/mol. The van der Waals surface area contributed by atoms with Gasteiger partial charge in [-0.05, 0) is 30.2 Å². The minimum atomic E-state index is 1.07. The minimum absolute atomic E-state index is 1.07. The first-order chi connectivity index (χ1) is 5.83. The summed E-state index contributed by atoms with van der Waals surface area (Å²) in [7, 11) is 0. The molecule has 64 valence electrons. The zero-order valence-electron chi connectivity index (χ0n) is 7.72. The van der Waals surface area contributed by atoms with Gasteiger partial charge in [0.25, 0.3) is 0 Å². The topological polar surface area (TPSA) is 15.8 Å². The average molecular weight is 161 g/mol. The second kappa shape index (κ2) is 3.96. The molecule has 0 bridgehead atoms. The van der Waals surface area contributed by atoms with Gasteiger partial charge in [-0.2, -0.15) is 0 Å². The number of rotatable bonds is 2. The summed E-state index contributed by atoms with van der Waals surface area (Å²) in [5.74, 6) is 0. The van der Waals surface area contributed by atoms with E-state index in [2.05, 4.69) is 37.7 Å². The predicted molar refractivity (Wildman–Crippen MR) is 54.2 cm³/mol. The van der Waals surface area contributed by atoms with Gasteiger partial charge in [-0.1, -0.05) is 25.7 Å². The quantitative estimate of drug-likeness (QED) is 0.674. The highest BCUT2D eigenvalue weighted by Crippen LogP contribution is 1.86. The molecule has 1 nitrogen and oxygen atoms in total. The summed E-state index contributed by atoms with van der Waals surface area (Å²) < 4.78 is 0. The van der Waals surface area contributed by atoms with Crippen molar-refractivity contribution in [1.82, 2.24) is 4.98 Å². The number of aromatic amines is 1. The van der Waals surface area contributed by atoms with Crippen molar-refractivity contribution in [3.8, 4) is 0 Å². The van der Waals surface area contributed by atoms with Crippen LogP contribution in [0, 0.1) is 0 Å². The van der Waals surface area contributed by atoms with Gasteiger partial charge in [0.05, 0.1) is 0 Å². The van der Waals surface area contributed by atoms with Crippen LogP contribution in [0.4, 0.5) is 0 Å². The lowest BCUT2D eigenvalue weighted by atomic mass is 10.2. The van der Waals surface area contributed by atoms with Crippen LogP contribution >= 0.6 is 0 Å². The lowest BCUT2D eigenvalue weighted by molar-refractivity contribution is 1.13. The molecule has 0 spiro atoms. The van der Waals surface area contributed by atoms with Gasteiger partial charge in [0.2, 0.25) is 0 Å². The van der Waals surface area contributed by atoms with Gasteiger partial charge in [-0.15, -0.1) is 0 Å². The fourth-order valence-electron chi connectivity index (χ4n) is 1.38. The summed E-state index contributed by atoms with van der Waals surface area (Å²) in [5, 5.41) is 2.46. The van der Waals surface area contributed by atoms with Crippen LogP contribution in [0.15, 0.2) is 18.9 Å². The van der Waals surface area contributed by atoms with Gasteiger partial charge >= 0.3 is 0 Å². The molecule has 1 rings (SSSR count). The molecule has 0 saturated carbocycles. The lowest BCUT2D eigenvalue weighted by Gasteiger charge is -1.85. The fourth-order valence-corrected chi connectivity index (χ4v) is 1.38. The first-order valence-corrected chi connectivity index (χ1v) is 4.28. The molecule has 0 aromatic carbocycles. The molecule has 1 heteroatoms. The Morgan fingerprint density at radius 3 is 2.83 bits per heavy atom. The Balaban J connectivity index is 3.44. The number of hydrogen-bond donors (Lipinski definition) is 1. The normalized spacial score (nSPS) is 13.8. The summed E-state index contributed by atoms with van der Waals surface area (Å²) in [4.78, 5) is 3.22. The van der Waals surface area contributed by atoms with Crippen molar-refractivity contribution in [2.45, 2.75) is 20.3 Å². The zero-order chi connectivity index (χ0) is 8.97. The Hall–Kier alpha value is -1.24. The second-order valence-corrected chi connectivity index (χ2v) is 2.69. The van der Waals surface area contributed by atoms with Crippen LogP contribution < -0.4 is 10.6 Å². The smallest absolute Gasteiger partial charge is 0.0453 e. The van der Waals surface area contributed by atoms with Crippen LogP contribution in [0.25, 0.3) is 12.2 Å². The highest BCUT2D eigenvalue weighted by molar-refractivity contribution is 5.38. The summed E-state index contributed by atoms with van der Waals surface area (Å²) in [6.45, 7) is 7.90. The van der Waals surface area contributed by atoms with E-state index in [1.54, 1.807) is 6.08 Å². The van der Waals surface area contributed by atoms with Crippen LogP contribution in [0.5, 0.6) is 0 Å². The van der Waals surface area contributed by atoms with Crippen molar-refractivity contribution in [3.63, 3.8) is 0 Å². The van der Waals surface area contributed by atoms with Crippen molar-refractivity contribution in [2.75, 3.05) is 0 Å². The molecule has 0 unspecified atom stereocenters. The first kappa shape index (κ1) is 8.85. The standard InChI is InChI=1S/C11H15N/c1-4-7-11-10(6-3)9(5-2)8-12-11/h4,6-8,12H,1,5H2,2-3H3/b10-6-,11-7+. The predicted octanol–water partition coefficient (Wildman–Crippen LogP) is 1.34. The maximum absolute atomic E-state index is 3.68. The minimum Gasteiger partial charge on any atom is -0.361 e. The van der Waals surface area contributed by atoms with Gasteiger partial charge < -0.3 is 4.98 Å². The third-order valence-corrected chi connectivity index (χ3v) is 1.99. The fraction of sp³-hybridized carbons (Fsp3) is 0.273. The van der Waals surface area contributed by atoms with Gasteiger partial charge in [0, 0.05) is 11.5 Å². The number of nitrogens with one attached hydrogen (secondary N) is 1. The number of aryl methyl sites for hydroxylation is 1. The van der Waals surface area contributed by atoms with Crippen LogP contribution in [-0.4, -0.2) is 4.98 Å². The molecule has 1 N–H and O–H groups in total. The molecule has 0 atom stereocenters. The van der Waals surface area contributed by atoms with Crippen molar-refractivity contribution >= 4 is 12.2 Å². The molecule has 1 heterocycles. The monoisotopic (exact) mass is 161 g/mol. The molecule has 0 radical (unpaired) electrons. The van der Waals surface area contributed by atoms with Gasteiger partial charge in [0.15, 0.2) is 0 Å². The van der Waals surface area contributed by atoms with Crippen LogP contribution in [0.1, 0.15) is 19.4 Å². The van der Waals surface area contributed by atoms with E-state index in [1.165, 1.54) is 10.8 Å². The van der Waals surface area contributed by atoms with Crippen LogP contribution in [-0.2, 0) is 6.42 Å². The maximum Gasteiger partial charge on any atom is 0.0453 e. The van der Waals surface area contributed by atoms with E-state index < -0.39 is 0 Å². The van der Waals surface area contributed by atoms with E-state index in [-0.39, 0.29) is 0 Å². The molecule has 0 saturated heterocycles. The Kier molecular flexibility index (Phi) is 2.92. The van der Waals surface area contributed by atoms with Crippen molar-refractivity contribution in [3.05, 3.63) is 35.0 Å². The highest BCUT2D eigenvalue weighted by Gasteiger charge is 1.93. The Bertz CT molecular complexity index is 368.